The monoisotopic (exact) mass is 639 g/mol. The van der Waals surface area contributed by atoms with Crippen molar-refractivity contribution >= 4 is 50.7 Å². The largest absolute Gasteiger partial charge is 0.493 e. The van der Waals surface area contributed by atoms with Crippen LogP contribution in [0.2, 0.25) is 10.0 Å². The van der Waals surface area contributed by atoms with Gasteiger partial charge in [-0.2, -0.15) is 0 Å². The molecule has 0 aliphatic heterocycles. The molecule has 9 nitrogen and oxygen atoms in total. The highest BCUT2D eigenvalue weighted by Gasteiger charge is 2.33. The first-order chi connectivity index (χ1) is 19.9. The molecular formula is C29H32Cl2FN3O6S. The third-order valence-electron chi connectivity index (χ3n) is 6.44. The van der Waals surface area contributed by atoms with Gasteiger partial charge in [-0.3, -0.25) is 13.9 Å². The summed E-state index contributed by atoms with van der Waals surface area (Å²) in [5.74, 6) is -1.30. The van der Waals surface area contributed by atoms with Crippen molar-refractivity contribution < 1.29 is 31.9 Å². The first-order valence-electron chi connectivity index (χ1n) is 12.9. The molecule has 1 atom stereocenters. The van der Waals surface area contributed by atoms with Crippen molar-refractivity contribution in [2.24, 2.45) is 0 Å². The number of nitrogens with zero attached hydrogens (tertiary/aromatic N) is 2. The summed E-state index contributed by atoms with van der Waals surface area (Å²) in [5.41, 5.74) is 0.416. The number of anilines is 1. The molecule has 0 radical (unpaired) electrons. The van der Waals surface area contributed by atoms with E-state index in [9.17, 15) is 22.4 Å². The number of methoxy groups -OCH3 is 2. The van der Waals surface area contributed by atoms with Crippen LogP contribution >= 0.6 is 23.2 Å². The number of benzene rings is 3. The molecule has 0 unspecified atom stereocenters. The van der Waals surface area contributed by atoms with Gasteiger partial charge in [0.25, 0.3) is 10.0 Å². The van der Waals surface area contributed by atoms with Gasteiger partial charge in [-0.25, -0.2) is 12.8 Å². The molecule has 13 heteroatoms. The minimum atomic E-state index is -4.43. The van der Waals surface area contributed by atoms with Crippen LogP contribution in [0.5, 0.6) is 11.5 Å². The lowest BCUT2D eigenvalue weighted by Gasteiger charge is -2.32. The molecule has 0 aliphatic rings. The maximum atomic E-state index is 14.0. The van der Waals surface area contributed by atoms with Crippen LogP contribution in [0.1, 0.15) is 25.8 Å². The fourth-order valence-corrected chi connectivity index (χ4v) is 6.02. The van der Waals surface area contributed by atoms with Crippen molar-refractivity contribution in [1.82, 2.24) is 10.2 Å². The Bertz CT molecular complexity index is 1500. The Morgan fingerprint density at radius 1 is 0.976 bits per heavy atom. The number of sulfonamides is 1. The summed E-state index contributed by atoms with van der Waals surface area (Å²) in [7, 11) is -1.66. The van der Waals surface area contributed by atoms with Gasteiger partial charge in [0.1, 0.15) is 18.4 Å². The highest BCUT2D eigenvalue weighted by molar-refractivity contribution is 7.92. The average Bonchev–Trinajstić information content (AvgIpc) is 2.98. The van der Waals surface area contributed by atoms with Crippen LogP contribution in [0.25, 0.3) is 0 Å². The smallest absolute Gasteiger partial charge is 0.264 e. The third-order valence-corrected chi connectivity index (χ3v) is 8.92. The Morgan fingerprint density at radius 2 is 1.60 bits per heavy atom. The van der Waals surface area contributed by atoms with E-state index < -0.39 is 40.2 Å². The van der Waals surface area contributed by atoms with Crippen LogP contribution < -0.4 is 19.1 Å². The van der Waals surface area contributed by atoms with Gasteiger partial charge >= 0.3 is 0 Å². The quantitative estimate of drug-likeness (QED) is 0.273. The summed E-state index contributed by atoms with van der Waals surface area (Å²) >= 11 is 12.8. The third kappa shape index (κ3) is 7.64. The molecule has 3 rings (SSSR count). The lowest BCUT2D eigenvalue weighted by molar-refractivity contribution is -0.139. The Hall–Kier alpha value is -3.54. The number of halogens is 3. The van der Waals surface area contributed by atoms with Gasteiger partial charge in [-0.1, -0.05) is 36.2 Å². The highest BCUT2D eigenvalue weighted by Crippen LogP contribution is 2.33. The second kappa shape index (κ2) is 14.6. The molecule has 42 heavy (non-hydrogen) atoms. The Kier molecular flexibility index (Phi) is 11.4. The molecule has 3 aromatic rings. The van der Waals surface area contributed by atoms with Crippen molar-refractivity contribution in [2.45, 2.75) is 37.8 Å². The predicted octanol–water partition coefficient (Wildman–Crippen LogP) is 5.29. The fourth-order valence-electron chi connectivity index (χ4n) is 4.07. The minimum Gasteiger partial charge on any atom is -0.493 e. The summed E-state index contributed by atoms with van der Waals surface area (Å²) in [6.45, 7) is 2.89. The zero-order valence-electron chi connectivity index (χ0n) is 23.6. The number of hydrogen-bond acceptors (Lipinski definition) is 6. The first kappa shape index (κ1) is 33.0. The maximum absolute atomic E-state index is 14.0. The molecule has 2 amide bonds. The van der Waals surface area contributed by atoms with E-state index in [-0.39, 0.29) is 32.9 Å². The number of amides is 2. The number of hydrogen-bond donors (Lipinski definition) is 1. The van der Waals surface area contributed by atoms with E-state index in [0.717, 1.165) is 16.4 Å². The van der Waals surface area contributed by atoms with Crippen LogP contribution in [0, 0.1) is 5.82 Å². The molecule has 0 saturated carbocycles. The van der Waals surface area contributed by atoms with E-state index >= 15 is 0 Å². The lowest BCUT2D eigenvalue weighted by atomic mass is 10.1. The SMILES string of the molecule is CCCNC(=O)[C@H](C)N(Cc1c(Cl)cccc1Cl)C(=O)CN(c1ccc(F)cc1)S(=O)(=O)c1ccc(OC)c(OC)c1. The molecule has 1 N–H and O–H groups in total. The Labute approximate surface area is 255 Å². The Balaban J connectivity index is 2.09. The van der Waals surface area contributed by atoms with E-state index in [4.69, 9.17) is 32.7 Å². The van der Waals surface area contributed by atoms with Crippen molar-refractivity contribution in [3.63, 3.8) is 0 Å². The lowest BCUT2D eigenvalue weighted by Crippen LogP contribution is -2.51. The van der Waals surface area contributed by atoms with Crippen LogP contribution in [-0.2, 0) is 26.2 Å². The average molecular weight is 641 g/mol. The zero-order valence-corrected chi connectivity index (χ0v) is 25.9. The highest BCUT2D eigenvalue weighted by atomic mass is 35.5. The molecule has 0 fully saturated rings. The van der Waals surface area contributed by atoms with Gasteiger partial charge in [0.05, 0.1) is 24.8 Å². The van der Waals surface area contributed by atoms with Crippen molar-refractivity contribution in [3.05, 3.63) is 82.1 Å². The molecular weight excluding hydrogens is 608 g/mol. The molecule has 0 aliphatic carbocycles. The van der Waals surface area contributed by atoms with Crippen LogP contribution in [0.3, 0.4) is 0 Å². The molecule has 226 valence electrons. The van der Waals surface area contributed by atoms with Crippen LogP contribution in [0.4, 0.5) is 10.1 Å². The van der Waals surface area contributed by atoms with Gasteiger partial charge in [0.15, 0.2) is 11.5 Å². The normalized spacial score (nSPS) is 11.9. The Morgan fingerprint density at radius 3 is 2.17 bits per heavy atom. The van der Waals surface area contributed by atoms with E-state index in [1.54, 1.807) is 18.2 Å². The molecule has 0 saturated heterocycles. The first-order valence-corrected chi connectivity index (χ1v) is 15.1. The molecule has 0 aromatic heterocycles. The summed E-state index contributed by atoms with van der Waals surface area (Å²) in [4.78, 5) is 28.0. The van der Waals surface area contributed by atoms with Crippen LogP contribution in [0.15, 0.2) is 65.6 Å². The predicted molar refractivity (Wildman–Crippen MR) is 160 cm³/mol. The summed E-state index contributed by atoms with van der Waals surface area (Å²) in [5, 5.41) is 3.30. The summed E-state index contributed by atoms with van der Waals surface area (Å²) < 4.78 is 53.1. The molecule has 0 bridgehead atoms. The molecule has 0 heterocycles. The van der Waals surface area contributed by atoms with Gasteiger partial charge in [0, 0.05) is 34.8 Å². The van der Waals surface area contributed by atoms with Crippen molar-refractivity contribution in [2.75, 3.05) is 31.6 Å². The van der Waals surface area contributed by atoms with Gasteiger partial charge in [-0.05, 0) is 61.9 Å². The second-order valence-corrected chi connectivity index (χ2v) is 11.9. The van der Waals surface area contributed by atoms with Gasteiger partial charge in [0.2, 0.25) is 11.8 Å². The van der Waals surface area contributed by atoms with E-state index in [1.165, 1.54) is 56.4 Å². The van der Waals surface area contributed by atoms with E-state index in [2.05, 4.69) is 5.32 Å². The van der Waals surface area contributed by atoms with Crippen LogP contribution in [-0.4, -0.2) is 58.5 Å². The number of carbonyl (C=O) groups is 2. The van der Waals surface area contributed by atoms with E-state index in [0.29, 0.717) is 24.3 Å². The minimum absolute atomic E-state index is 0.0262. The van der Waals surface area contributed by atoms with E-state index in [1.807, 2.05) is 6.92 Å². The van der Waals surface area contributed by atoms with Gasteiger partial charge in [-0.15, -0.1) is 0 Å². The number of rotatable bonds is 13. The standard InChI is InChI=1S/C29H32Cl2FN3O6S/c1-5-15-33-29(37)19(2)34(17-23-24(30)7-6-8-25(23)31)28(36)18-35(21-11-9-20(32)10-12-21)42(38,39)22-13-14-26(40-3)27(16-22)41-4/h6-14,16,19H,5,15,17-18H2,1-4H3,(H,33,37)/t19-/m0/s1. The number of carbonyl (C=O) groups excluding carboxylic acids is 2. The number of nitrogens with one attached hydrogen (secondary N) is 1. The fraction of sp³-hybridized carbons (Fsp3) is 0.310. The summed E-state index contributed by atoms with van der Waals surface area (Å²) in [6, 6.07) is 12.5. The number of ether oxygens (including phenoxy) is 2. The van der Waals surface area contributed by atoms with Gasteiger partial charge < -0.3 is 19.7 Å². The second-order valence-electron chi connectivity index (χ2n) is 9.19. The molecule has 0 spiro atoms. The van der Waals surface area contributed by atoms with Crippen molar-refractivity contribution in [1.29, 1.82) is 0 Å². The topological polar surface area (TPSA) is 105 Å². The van der Waals surface area contributed by atoms with Crippen molar-refractivity contribution in [3.8, 4) is 11.5 Å². The summed E-state index contributed by atoms with van der Waals surface area (Å²) in [6.07, 6.45) is 0.671. The molecule has 3 aromatic carbocycles. The zero-order chi connectivity index (χ0) is 31.0. The maximum Gasteiger partial charge on any atom is 0.264 e.